The van der Waals surface area contributed by atoms with Crippen LogP contribution in [0.15, 0.2) is 35.6 Å². The van der Waals surface area contributed by atoms with E-state index in [1.165, 1.54) is 6.20 Å². The molecule has 1 aromatic rings. The number of hydrogen-bond donors (Lipinski definition) is 2. The molecule has 0 spiro atoms. The van der Waals surface area contributed by atoms with Gasteiger partial charge >= 0.3 is 0 Å². The monoisotopic (exact) mass is 297 g/mol. The molecule has 0 aliphatic carbocycles. The molecule has 1 atom stereocenters. The van der Waals surface area contributed by atoms with E-state index in [0.29, 0.717) is 10.0 Å². The number of primary amides is 1. The highest BCUT2D eigenvalue weighted by molar-refractivity contribution is 9.11. The van der Waals surface area contributed by atoms with Crippen LogP contribution in [0, 0.1) is 0 Å². The molecule has 5 nitrogen and oxygen atoms in total. The molecule has 1 aromatic heterocycles. The van der Waals surface area contributed by atoms with Gasteiger partial charge in [-0.25, -0.2) is 0 Å². The number of carbonyl (C=O) groups excluding carboxylic acids is 2. The Kier molecular flexibility index (Phi) is 4.84. The van der Waals surface area contributed by atoms with Crippen molar-refractivity contribution in [1.82, 2.24) is 10.3 Å². The number of nitrogens with zero attached hydrogens (tertiary/aromatic N) is 1. The van der Waals surface area contributed by atoms with Gasteiger partial charge in [0.05, 0.1) is 5.56 Å². The zero-order chi connectivity index (χ0) is 12.8. The Balaban J connectivity index is 2.71. The Labute approximate surface area is 107 Å². The van der Waals surface area contributed by atoms with E-state index in [-0.39, 0.29) is 6.42 Å². The van der Waals surface area contributed by atoms with Crippen LogP contribution in [0.25, 0.3) is 0 Å². The SMILES string of the molecule is C=C(Br)C[C@@H](NC(=O)c1cccnc1)C(N)=O. The topological polar surface area (TPSA) is 85.1 Å². The molecule has 0 aliphatic rings. The molecule has 0 aliphatic heterocycles. The van der Waals surface area contributed by atoms with Crippen LogP contribution >= 0.6 is 15.9 Å². The van der Waals surface area contributed by atoms with Gasteiger partial charge in [0.25, 0.3) is 5.91 Å². The molecule has 0 fully saturated rings. The first-order valence-corrected chi connectivity index (χ1v) is 5.63. The lowest BCUT2D eigenvalue weighted by molar-refractivity contribution is -0.119. The van der Waals surface area contributed by atoms with Crippen LogP contribution in [0.1, 0.15) is 16.8 Å². The minimum Gasteiger partial charge on any atom is -0.368 e. The summed E-state index contributed by atoms with van der Waals surface area (Å²) in [5.41, 5.74) is 5.55. The number of aromatic nitrogens is 1. The zero-order valence-electron chi connectivity index (χ0n) is 9.02. The van der Waals surface area contributed by atoms with Gasteiger partial charge in [0.2, 0.25) is 5.91 Å². The Morgan fingerprint density at radius 2 is 2.29 bits per heavy atom. The van der Waals surface area contributed by atoms with Gasteiger partial charge in [-0.1, -0.05) is 22.5 Å². The Morgan fingerprint density at radius 1 is 1.59 bits per heavy atom. The average molecular weight is 298 g/mol. The molecular formula is C11H12BrN3O2. The maximum absolute atomic E-state index is 11.7. The van der Waals surface area contributed by atoms with Gasteiger partial charge in [-0.15, -0.1) is 0 Å². The molecule has 2 amide bonds. The number of nitrogens with two attached hydrogens (primary N) is 1. The smallest absolute Gasteiger partial charge is 0.253 e. The molecule has 3 N–H and O–H groups in total. The normalized spacial score (nSPS) is 11.6. The van der Waals surface area contributed by atoms with E-state index in [1.54, 1.807) is 18.3 Å². The molecule has 0 aromatic carbocycles. The third-order valence-corrected chi connectivity index (χ3v) is 2.32. The van der Waals surface area contributed by atoms with Crippen molar-refractivity contribution in [2.75, 3.05) is 0 Å². The average Bonchev–Trinajstić information content (AvgIpc) is 2.28. The molecule has 0 saturated carbocycles. The number of amides is 2. The fraction of sp³-hybridized carbons (Fsp3) is 0.182. The Bertz CT molecular complexity index is 434. The summed E-state index contributed by atoms with van der Waals surface area (Å²) in [5.74, 6) is -1.00. The predicted molar refractivity (Wildman–Crippen MR) is 67.4 cm³/mol. The fourth-order valence-corrected chi connectivity index (χ4v) is 1.51. The maximum atomic E-state index is 11.7. The van der Waals surface area contributed by atoms with Gasteiger partial charge in [0.15, 0.2) is 0 Å². The summed E-state index contributed by atoms with van der Waals surface area (Å²) in [5, 5.41) is 2.52. The predicted octanol–water partition coefficient (Wildman–Crippen LogP) is 0.964. The standard InChI is InChI=1S/C11H12BrN3O2/c1-7(12)5-9(10(13)16)15-11(17)8-3-2-4-14-6-8/h2-4,6,9H,1,5H2,(H2,13,16)(H,15,17)/t9-/m1/s1. The van der Waals surface area contributed by atoms with Crippen LogP contribution in [0.4, 0.5) is 0 Å². The minimum absolute atomic E-state index is 0.251. The molecule has 0 bridgehead atoms. The van der Waals surface area contributed by atoms with Crippen LogP contribution in [-0.2, 0) is 4.79 Å². The second-order valence-electron chi connectivity index (χ2n) is 3.39. The van der Waals surface area contributed by atoms with E-state index in [2.05, 4.69) is 32.8 Å². The first kappa shape index (κ1) is 13.4. The fourth-order valence-electron chi connectivity index (χ4n) is 1.18. The van der Waals surface area contributed by atoms with Crippen LogP contribution in [-0.4, -0.2) is 22.8 Å². The lowest BCUT2D eigenvalue weighted by atomic mass is 10.1. The Morgan fingerprint density at radius 3 is 2.76 bits per heavy atom. The lowest BCUT2D eigenvalue weighted by Crippen LogP contribution is -2.44. The maximum Gasteiger partial charge on any atom is 0.253 e. The summed E-state index contributed by atoms with van der Waals surface area (Å²) >= 11 is 3.12. The molecule has 6 heteroatoms. The second-order valence-corrected chi connectivity index (χ2v) is 4.51. The van der Waals surface area contributed by atoms with Gasteiger partial charge in [-0.3, -0.25) is 14.6 Å². The third-order valence-electron chi connectivity index (χ3n) is 2.00. The zero-order valence-corrected chi connectivity index (χ0v) is 10.6. The number of hydrogen-bond acceptors (Lipinski definition) is 3. The van der Waals surface area contributed by atoms with Crippen molar-refractivity contribution in [3.05, 3.63) is 41.2 Å². The summed E-state index contributed by atoms with van der Waals surface area (Å²) in [4.78, 5) is 26.7. The van der Waals surface area contributed by atoms with Crippen LogP contribution in [0.2, 0.25) is 0 Å². The van der Waals surface area contributed by atoms with Crippen molar-refractivity contribution in [2.45, 2.75) is 12.5 Å². The van der Waals surface area contributed by atoms with Crippen molar-refractivity contribution in [3.8, 4) is 0 Å². The quantitative estimate of drug-likeness (QED) is 0.849. The third kappa shape index (κ3) is 4.36. The largest absolute Gasteiger partial charge is 0.368 e. The first-order chi connectivity index (χ1) is 8.00. The van der Waals surface area contributed by atoms with Gasteiger partial charge in [-0.05, 0) is 16.6 Å². The molecule has 17 heavy (non-hydrogen) atoms. The summed E-state index contributed by atoms with van der Waals surface area (Å²) in [6.07, 6.45) is 3.22. The van der Waals surface area contributed by atoms with E-state index in [1.807, 2.05) is 0 Å². The van der Waals surface area contributed by atoms with Gasteiger partial charge in [0, 0.05) is 18.8 Å². The number of carbonyl (C=O) groups is 2. The molecule has 0 unspecified atom stereocenters. The lowest BCUT2D eigenvalue weighted by Gasteiger charge is -2.14. The Hall–Kier alpha value is -1.69. The van der Waals surface area contributed by atoms with Gasteiger partial charge < -0.3 is 11.1 Å². The molecule has 0 saturated heterocycles. The van der Waals surface area contributed by atoms with Gasteiger partial charge in [-0.2, -0.15) is 0 Å². The molecular weight excluding hydrogens is 286 g/mol. The first-order valence-electron chi connectivity index (χ1n) is 4.84. The highest BCUT2D eigenvalue weighted by atomic mass is 79.9. The van der Waals surface area contributed by atoms with Crippen molar-refractivity contribution >= 4 is 27.7 Å². The van der Waals surface area contributed by atoms with E-state index in [9.17, 15) is 9.59 Å². The highest BCUT2D eigenvalue weighted by Gasteiger charge is 2.19. The van der Waals surface area contributed by atoms with Crippen molar-refractivity contribution in [1.29, 1.82) is 0 Å². The second kappa shape index (κ2) is 6.15. The number of halogens is 1. The number of nitrogens with one attached hydrogen (secondary N) is 1. The van der Waals surface area contributed by atoms with Crippen LogP contribution < -0.4 is 11.1 Å². The van der Waals surface area contributed by atoms with Crippen molar-refractivity contribution in [2.24, 2.45) is 5.73 Å². The molecule has 1 rings (SSSR count). The van der Waals surface area contributed by atoms with Gasteiger partial charge in [0.1, 0.15) is 6.04 Å². The van der Waals surface area contributed by atoms with E-state index >= 15 is 0 Å². The summed E-state index contributed by atoms with van der Waals surface area (Å²) < 4.78 is 0.591. The van der Waals surface area contributed by atoms with E-state index in [0.717, 1.165) is 0 Å². The molecule has 90 valence electrons. The van der Waals surface area contributed by atoms with E-state index < -0.39 is 17.9 Å². The summed E-state index contributed by atoms with van der Waals surface area (Å²) in [6, 6.07) is 2.45. The van der Waals surface area contributed by atoms with Crippen molar-refractivity contribution in [3.63, 3.8) is 0 Å². The number of pyridine rings is 1. The van der Waals surface area contributed by atoms with Crippen molar-refractivity contribution < 1.29 is 9.59 Å². The molecule has 1 heterocycles. The summed E-state index contributed by atoms with van der Waals surface area (Å²) in [6.45, 7) is 3.60. The highest BCUT2D eigenvalue weighted by Crippen LogP contribution is 2.10. The minimum atomic E-state index is -0.783. The number of rotatable bonds is 5. The van der Waals surface area contributed by atoms with E-state index in [4.69, 9.17) is 5.73 Å². The van der Waals surface area contributed by atoms with Crippen LogP contribution in [0.3, 0.4) is 0 Å². The summed E-state index contributed by atoms with van der Waals surface area (Å²) in [7, 11) is 0. The molecule has 0 radical (unpaired) electrons. The van der Waals surface area contributed by atoms with Crippen LogP contribution in [0.5, 0.6) is 0 Å².